The number of hydrazone groups is 1. The van der Waals surface area contributed by atoms with Gasteiger partial charge in [0, 0.05) is 25.0 Å². The highest BCUT2D eigenvalue weighted by Gasteiger charge is 2.05. The van der Waals surface area contributed by atoms with Crippen LogP contribution in [0.25, 0.3) is 0 Å². The van der Waals surface area contributed by atoms with Crippen molar-refractivity contribution in [2.24, 2.45) is 5.10 Å². The maximum absolute atomic E-state index is 11.8. The van der Waals surface area contributed by atoms with Gasteiger partial charge >= 0.3 is 0 Å². The summed E-state index contributed by atoms with van der Waals surface area (Å²) >= 11 is 0. The number of aromatic nitrogens is 1. The molecule has 0 unspecified atom stereocenters. The number of rotatable bonds is 8. The van der Waals surface area contributed by atoms with Gasteiger partial charge in [0.05, 0.1) is 6.21 Å². The zero-order chi connectivity index (χ0) is 17.2. The summed E-state index contributed by atoms with van der Waals surface area (Å²) in [6.07, 6.45) is 5.47. The van der Waals surface area contributed by atoms with E-state index in [0.29, 0.717) is 5.69 Å². The SMILES string of the molecule is CCCN(CCC)c1ccc(/C=N\NC(=O)c2ccccn2)cc1. The van der Waals surface area contributed by atoms with E-state index in [1.807, 2.05) is 12.1 Å². The maximum atomic E-state index is 11.8. The Bertz CT molecular complexity index is 647. The first kappa shape index (κ1) is 17.7. The second kappa shape index (κ2) is 9.45. The molecule has 0 aliphatic rings. The van der Waals surface area contributed by atoms with Crippen LogP contribution in [0.15, 0.2) is 53.8 Å². The summed E-state index contributed by atoms with van der Waals surface area (Å²) in [5, 5.41) is 3.99. The number of carbonyl (C=O) groups is 1. The number of nitrogens with one attached hydrogen (secondary N) is 1. The summed E-state index contributed by atoms with van der Waals surface area (Å²) in [5.41, 5.74) is 4.98. The molecule has 5 nitrogen and oxygen atoms in total. The molecule has 0 saturated heterocycles. The lowest BCUT2D eigenvalue weighted by atomic mass is 10.2. The van der Waals surface area contributed by atoms with E-state index in [4.69, 9.17) is 0 Å². The average Bonchev–Trinajstić information content (AvgIpc) is 2.63. The molecular formula is C19H24N4O. The molecule has 0 fully saturated rings. The fraction of sp³-hybridized carbons (Fsp3) is 0.316. The molecule has 1 heterocycles. The highest BCUT2D eigenvalue weighted by atomic mass is 16.2. The average molecular weight is 324 g/mol. The Labute approximate surface area is 143 Å². The minimum Gasteiger partial charge on any atom is -0.372 e. The summed E-state index contributed by atoms with van der Waals surface area (Å²) in [5.74, 6) is -0.319. The third-order valence-electron chi connectivity index (χ3n) is 3.52. The predicted molar refractivity (Wildman–Crippen MR) is 98.5 cm³/mol. The number of carbonyl (C=O) groups excluding carboxylic acids is 1. The molecule has 0 aliphatic carbocycles. The summed E-state index contributed by atoms with van der Waals surface area (Å²) in [7, 11) is 0. The quantitative estimate of drug-likeness (QED) is 0.597. The van der Waals surface area contributed by atoms with Gasteiger partial charge in [-0.2, -0.15) is 5.10 Å². The molecule has 1 N–H and O–H groups in total. The van der Waals surface area contributed by atoms with Crippen LogP contribution in [0, 0.1) is 0 Å². The zero-order valence-corrected chi connectivity index (χ0v) is 14.3. The molecule has 1 amide bonds. The molecule has 0 radical (unpaired) electrons. The second-order valence-corrected chi connectivity index (χ2v) is 5.49. The summed E-state index contributed by atoms with van der Waals surface area (Å²) in [6, 6.07) is 13.4. The van der Waals surface area contributed by atoms with Crippen LogP contribution in [0.5, 0.6) is 0 Å². The van der Waals surface area contributed by atoms with Gasteiger partial charge in [-0.1, -0.05) is 32.0 Å². The van der Waals surface area contributed by atoms with Crippen LogP contribution in [-0.4, -0.2) is 30.2 Å². The molecule has 2 rings (SSSR count). The Morgan fingerprint density at radius 1 is 1.12 bits per heavy atom. The van der Waals surface area contributed by atoms with Crippen LogP contribution in [0.1, 0.15) is 42.7 Å². The lowest BCUT2D eigenvalue weighted by Crippen LogP contribution is -2.24. The van der Waals surface area contributed by atoms with Gasteiger partial charge in [0.1, 0.15) is 5.69 Å². The van der Waals surface area contributed by atoms with Crippen molar-refractivity contribution >= 4 is 17.8 Å². The van der Waals surface area contributed by atoms with Crippen LogP contribution in [0.2, 0.25) is 0 Å². The highest BCUT2D eigenvalue weighted by Crippen LogP contribution is 2.15. The van der Waals surface area contributed by atoms with Crippen LogP contribution < -0.4 is 10.3 Å². The molecule has 0 atom stereocenters. The van der Waals surface area contributed by atoms with Gasteiger partial charge in [0.25, 0.3) is 5.91 Å². The minimum absolute atomic E-state index is 0.319. The van der Waals surface area contributed by atoms with Gasteiger partial charge in [-0.15, -0.1) is 0 Å². The minimum atomic E-state index is -0.319. The summed E-state index contributed by atoms with van der Waals surface area (Å²) in [6.45, 7) is 6.49. The molecule has 0 aliphatic heterocycles. The summed E-state index contributed by atoms with van der Waals surface area (Å²) in [4.78, 5) is 18.2. The summed E-state index contributed by atoms with van der Waals surface area (Å²) < 4.78 is 0. The van der Waals surface area contributed by atoms with E-state index >= 15 is 0 Å². The van der Waals surface area contributed by atoms with Crippen molar-refractivity contribution in [1.82, 2.24) is 10.4 Å². The van der Waals surface area contributed by atoms with E-state index in [1.165, 1.54) is 5.69 Å². The largest absolute Gasteiger partial charge is 0.372 e. The van der Waals surface area contributed by atoms with Gasteiger partial charge in [-0.3, -0.25) is 9.78 Å². The van der Waals surface area contributed by atoms with E-state index in [1.54, 1.807) is 30.6 Å². The lowest BCUT2D eigenvalue weighted by molar-refractivity contribution is 0.0950. The monoisotopic (exact) mass is 324 g/mol. The van der Waals surface area contributed by atoms with Gasteiger partial charge in [0.2, 0.25) is 0 Å². The number of benzene rings is 1. The van der Waals surface area contributed by atoms with E-state index in [2.05, 4.69) is 46.4 Å². The fourth-order valence-corrected chi connectivity index (χ4v) is 2.40. The van der Waals surface area contributed by atoms with Gasteiger partial charge in [-0.25, -0.2) is 5.43 Å². The van der Waals surface area contributed by atoms with E-state index in [-0.39, 0.29) is 5.91 Å². The Hall–Kier alpha value is -2.69. The van der Waals surface area contributed by atoms with E-state index < -0.39 is 0 Å². The van der Waals surface area contributed by atoms with Crippen molar-refractivity contribution in [2.45, 2.75) is 26.7 Å². The molecule has 1 aromatic heterocycles. The molecule has 2 aromatic rings. The smallest absolute Gasteiger partial charge is 0.289 e. The number of pyridine rings is 1. The van der Waals surface area contributed by atoms with Crippen LogP contribution in [0.4, 0.5) is 5.69 Å². The third-order valence-corrected chi connectivity index (χ3v) is 3.52. The third kappa shape index (κ3) is 5.19. The first-order valence-electron chi connectivity index (χ1n) is 8.34. The topological polar surface area (TPSA) is 57.6 Å². The number of amides is 1. The fourth-order valence-electron chi connectivity index (χ4n) is 2.40. The molecule has 126 valence electrons. The second-order valence-electron chi connectivity index (χ2n) is 5.49. The molecular weight excluding hydrogens is 300 g/mol. The Kier molecular flexibility index (Phi) is 6.95. The van der Waals surface area contributed by atoms with Crippen molar-refractivity contribution in [2.75, 3.05) is 18.0 Å². The molecule has 5 heteroatoms. The molecule has 1 aromatic carbocycles. The Morgan fingerprint density at radius 3 is 2.42 bits per heavy atom. The van der Waals surface area contributed by atoms with Gasteiger partial charge < -0.3 is 4.90 Å². The Balaban J connectivity index is 1.94. The van der Waals surface area contributed by atoms with Crippen molar-refractivity contribution in [3.8, 4) is 0 Å². The number of nitrogens with zero attached hydrogens (tertiary/aromatic N) is 3. The van der Waals surface area contributed by atoms with Crippen LogP contribution in [-0.2, 0) is 0 Å². The van der Waals surface area contributed by atoms with Gasteiger partial charge in [-0.05, 0) is 42.7 Å². The van der Waals surface area contributed by atoms with E-state index in [0.717, 1.165) is 31.5 Å². The van der Waals surface area contributed by atoms with Crippen LogP contribution >= 0.6 is 0 Å². The lowest BCUT2D eigenvalue weighted by Gasteiger charge is -2.23. The standard InChI is InChI=1S/C19H24N4O/c1-3-13-23(14-4-2)17-10-8-16(9-11-17)15-21-22-19(24)18-7-5-6-12-20-18/h5-12,15H,3-4,13-14H2,1-2H3,(H,22,24)/b21-15-. The van der Waals surface area contributed by atoms with Crippen molar-refractivity contribution in [3.05, 3.63) is 59.9 Å². The first-order valence-corrected chi connectivity index (χ1v) is 8.34. The maximum Gasteiger partial charge on any atom is 0.289 e. The van der Waals surface area contributed by atoms with E-state index in [9.17, 15) is 4.79 Å². The highest BCUT2D eigenvalue weighted by molar-refractivity contribution is 5.93. The molecule has 0 spiro atoms. The predicted octanol–water partition coefficient (Wildman–Crippen LogP) is 3.47. The number of hydrogen-bond donors (Lipinski definition) is 1. The van der Waals surface area contributed by atoms with Gasteiger partial charge in [0.15, 0.2) is 0 Å². The van der Waals surface area contributed by atoms with Crippen LogP contribution in [0.3, 0.4) is 0 Å². The number of hydrogen-bond acceptors (Lipinski definition) is 4. The van der Waals surface area contributed by atoms with Crippen molar-refractivity contribution < 1.29 is 4.79 Å². The molecule has 0 bridgehead atoms. The normalized spacial score (nSPS) is 10.8. The first-order chi connectivity index (χ1) is 11.7. The van der Waals surface area contributed by atoms with Crippen molar-refractivity contribution in [3.63, 3.8) is 0 Å². The number of anilines is 1. The van der Waals surface area contributed by atoms with Crippen molar-refractivity contribution in [1.29, 1.82) is 0 Å². The molecule has 0 saturated carbocycles. The zero-order valence-electron chi connectivity index (χ0n) is 14.3. The Morgan fingerprint density at radius 2 is 1.83 bits per heavy atom. The molecule has 24 heavy (non-hydrogen) atoms.